The quantitative estimate of drug-likeness (QED) is 0.596. The number of nitrogens with two attached hydrogens (primary N) is 1. The maximum absolute atomic E-state index is 11.6. The summed E-state index contributed by atoms with van der Waals surface area (Å²) in [5, 5.41) is 15.8. The van der Waals surface area contributed by atoms with E-state index in [4.69, 9.17) is 10.8 Å². The molecule has 2 rings (SSSR count). The lowest BCUT2D eigenvalue weighted by molar-refractivity contribution is -0.123. The first kappa shape index (κ1) is 17.4. The molecule has 0 radical (unpaired) electrons. The monoisotopic (exact) mass is 323 g/mol. The third kappa shape index (κ3) is 4.77. The molecule has 0 bridgehead atoms. The second kappa shape index (κ2) is 8.07. The van der Waals surface area contributed by atoms with Gasteiger partial charge in [-0.2, -0.15) is 5.10 Å². The first-order valence-electron chi connectivity index (χ1n) is 7.97. The van der Waals surface area contributed by atoms with E-state index in [0.29, 0.717) is 19.4 Å². The van der Waals surface area contributed by atoms with Gasteiger partial charge in [0.15, 0.2) is 0 Å². The summed E-state index contributed by atoms with van der Waals surface area (Å²) in [6, 6.07) is 1.69. The molecule has 0 aliphatic carbocycles. The van der Waals surface area contributed by atoms with Gasteiger partial charge in [-0.25, -0.2) is 0 Å². The van der Waals surface area contributed by atoms with E-state index in [1.54, 1.807) is 0 Å². The summed E-state index contributed by atoms with van der Waals surface area (Å²) < 4.78 is 1.95. The number of fused-ring (bicyclic) bond motifs is 1. The molecular weight excluding hydrogens is 298 g/mol. The van der Waals surface area contributed by atoms with Crippen molar-refractivity contribution in [2.24, 2.45) is 5.73 Å². The molecule has 128 valence electrons. The zero-order valence-electron chi connectivity index (χ0n) is 13.5. The molecule has 1 aromatic rings. The molecule has 1 aliphatic rings. The predicted molar refractivity (Wildman–Crippen MR) is 84.3 cm³/mol. The summed E-state index contributed by atoms with van der Waals surface area (Å²) in [6.45, 7) is 4.28. The van der Waals surface area contributed by atoms with Gasteiger partial charge >= 0.3 is 0 Å². The first-order valence-corrected chi connectivity index (χ1v) is 7.97. The van der Waals surface area contributed by atoms with E-state index in [2.05, 4.69) is 15.3 Å². The number of primary amides is 1. The SMILES string of the molecule is CC(C(N)=O)N1CCCn2nc(CCC(=O)NCCO)cc2C1. The fraction of sp³-hybridized carbons (Fsp3) is 0.667. The van der Waals surface area contributed by atoms with E-state index in [-0.39, 0.29) is 31.0 Å². The average Bonchev–Trinajstić information content (AvgIpc) is 2.80. The number of carbonyl (C=O) groups excluding carboxylic acids is 2. The minimum atomic E-state index is -0.321. The van der Waals surface area contributed by atoms with E-state index in [1.165, 1.54) is 0 Å². The summed E-state index contributed by atoms with van der Waals surface area (Å²) in [6.07, 6.45) is 1.81. The minimum absolute atomic E-state index is 0.0571. The maximum atomic E-state index is 11.6. The van der Waals surface area contributed by atoms with E-state index < -0.39 is 0 Å². The number of carbonyl (C=O) groups is 2. The Morgan fingerprint density at radius 2 is 2.26 bits per heavy atom. The van der Waals surface area contributed by atoms with Gasteiger partial charge in [-0.3, -0.25) is 19.2 Å². The number of amides is 2. The van der Waals surface area contributed by atoms with Crippen LogP contribution in [-0.4, -0.2) is 57.3 Å². The number of aromatic nitrogens is 2. The molecule has 1 atom stereocenters. The predicted octanol–water partition coefficient (Wildman–Crippen LogP) is -0.996. The van der Waals surface area contributed by atoms with Crippen LogP contribution in [0.25, 0.3) is 0 Å². The Hall–Kier alpha value is -1.93. The van der Waals surface area contributed by atoms with Gasteiger partial charge < -0.3 is 16.2 Å². The number of aliphatic hydroxyl groups excluding tert-OH is 1. The van der Waals surface area contributed by atoms with Gasteiger partial charge in [0.25, 0.3) is 0 Å². The zero-order valence-corrected chi connectivity index (χ0v) is 13.5. The lowest BCUT2D eigenvalue weighted by Crippen LogP contribution is -2.42. The van der Waals surface area contributed by atoms with E-state index in [0.717, 1.165) is 30.9 Å². The van der Waals surface area contributed by atoms with Crippen LogP contribution in [0.1, 0.15) is 31.2 Å². The second-order valence-corrected chi connectivity index (χ2v) is 5.83. The van der Waals surface area contributed by atoms with Gasteiger partial charge in [-0.15, -0.1) is 0 Å². The van der Waals surface area contributed by atoms with E-state index in [1.807, 2.05) is 17.7 Å². The molecule has 23 heavy (non-hydrogen) atoms. The van der Waals surface area contributed by atoms with Crippen molar-refractivity contribution in [3.63, 3.8) is 0 Å². The summed E-state index contributed by atoms with van der Waals surface area (Å²) in [7, 11) is 0. The molecule has 8 heteroatoms. The van der Waals surface area contributed by atoms with Crippen LogP contribution < -0.4 is 11.1 Å². The van der Waals surface area contributed by atoms with Crippen molar-refractivity contribution in [1.82, 2.24) is 20.0 Å². The number of hydrogen-bond acceptors (Lipinski definition) is 5. The van der Waals surface area contributed by atoms with Gasteiger partial charge in [0.05, 0.1) is 24.0 Å². The Bertz CT molecular complexity index is 557. The summed E-state index contributed by atoms with van der Waals surface area (Å²) in [5.41, 5.74) is 7.31. The lowest BCUT2D eigenvalue weighted by Gasteiger charge is -2.24. The Kier molecular flexibility index (Phi) is 6.12. The van der Waals surface area contributed by atoms with Gasteiger partial charge in [0.2, 0.25) is 11.8 Å². The van der Waals surface area contributed by atoms with Crippen LogP contribution >= 0.6 is 0 Å². The van der Waals surface area contributed by atoms with Crippen LogP contribution in [0.5, 0.6) is 0 Å². The lowest BCUT2D eigenvalue weighted by atomic mass is 10.2. The largest absolute Gasteiger partial charge is 0.395 e. The van der Waals surface area contributed by atoms with Gasteiger partial charge in [0, 0.05) is 39.0 Å². The van der Waals surface area contributed by atoms with Crippen molar-refractivity contribution < 1.29 is 14.7 Å². The number of rotatable bonds is 7. The standard InChI is InChI=1S/C15H25N5O3/c1-11(15(16)23)19-6-2-7-20-13(10-19)9-12(18-20)3-4-14(22)17-5-8-21/h9,11,21H,2-8,10H2,1H3,(H2,16,23)(H,17,22). The summed E-state index contributed by atoms with van der Waals surface area (Å²) >= 11 is 0. The average molecular weight is 323 g/mol. The van der Waals surface area contributed by atoms with Crippen molar-refractivity contribution in [2.75, 3.05) is 19.7 Å². The molecule has 0 spiro atoms. The second-order valence-electron chi connectivity index (χ2n) is 5.83. The Morgan fingerprint density at radius 1 is 1.48 bits per heavy atom. The molecule has 4 N–H and O–H groups in total. The molecular formula is C15H25N5O3. The number of aryl methyl sites for hydroxylation is 2. The highest BCUT2D eigenvalue weighted by Crippen LogP contribution is 2.16. The van der Waals surface area contributed by atoms with Crippen LogP contribution in [0.2, 0.25) is 0 Å². The van der Waals surface area contributed by atoms with Crippen LogP contribution in [0.4, 0.5) is 0 Å². The Morgan fingerprint density at radius 3 is 2.96 bits per heavy atom. The van der Waals surface area contributed by atoms with Crippen LogP contribution in [-0.2, 0) is 29.1 Å². The van der Waals surface area contributed by atoms with Gasteiger partial charge in [0.1, 0.15) is 0 Å². The summed E-state index contributed by atoms with van der Waals surface area (Å²) in [5.74, 6) is -0.412. The minimum Gasteiger partial charge on any atom is -0.395 e. The highest BCUT2D eigenvalue weighted by molar-refractivity contribution is 5.79. The molecule has 0 saturated heterocycles. The molecule has 0 fully saturated rings. The van der Waals surface area contributed by atoms with Crippen molar-refractivity contribution >= 4 is 11.8 Å². The molecule has 0 saturated carbocycles. The fourth-order valence-corrected chi connectivity index (χ4v) is 2.70. The molecule has 8 nitrogen and oxygen atoms in total. The molecule has 1 aromatic heterocycles. The molecule has 1 unspecified atom stereocenters. The van der Waals surface area contributed by atoms with Crippen molar-refractivity contribution in [3.05, 3.63) is 17.5 Å². The maximum Gasteiger partial charge on any atom is 0.234 e. The van der Waals surface area contributed by atoms with Crippen molar-refractivity contribution in [3.8, 4) is 0 Å². The topological polar surface area (TPSA) is 113 Å². The van der Waals surface area contributed by atoms with Crippen LogP contribution in [0.15, 0.2) is 6.07 Å². The molecule has 2 amide bonds. The third-order valence-corrected chi connectivity index (χ3v) is 4.10. The third-order valence-electron chi connectivity index (χ3n) is 4.10. The zero-order chi connectivity index (χ0) is 16.8. The van der Waals surface area contributed by atoms with E-state index >= 15 is 0 Å². The number of nitrogens with zero attached hydrogens (tertiary/aromatic N) is 3. The number of nitrogens with one attached hydrogen (secondary N) is 1. The normalized spacial score (nSPS) is 16.4. The van der Waals surface area contributed by atoms with Gasteiger partial charge in [-0.1, -0.05) is 0 Å². The van der Waals surface area contributed by atoms with Crippen LogP contribution in [0.3, 0.4) is 0 Å². The fourth-order valence-electron chi connectivity index (χ4n) is 2.70. The highest BCUT2D eigenvalue weighted by Gasteiger charge is 2.23. The van der Waals surface area contributed by atoms with Gasteiger partial charge in [-0.05, 0) is 19.4 Å². The highest BCUT2D eigenvalue weighted by atomic mass is 16.3. The molecule has 0 aromatic carbocycles. The Balaban J connectivity index is 1.96. The first-order chi connectivity index (χ1) is 11.0. The van der Waals surface area contributed by atoms with Crippen molar-refractivity contribution in [2.45, 2.75) is 45.3 Å². The van der Waals surface area contributed by atoms with Crippen molar-refractivity contribution in [1.29, 1.82) is 0 Å². The van der Waals surface area contributed by atoms with Crippen LogP contribution in [0, 0.1) is 0 Å². The molecule has 1 aliphatic heterocycles. The summed E-state index contributed by atoms with van der Waals surface area (Å²) in [4.78, 5) is 25.0. The molecule has 2 heterocycles. The smallest absolute Gasteiger partial charge is 0.234 e. The number of hydrogen-bond donors (Lipinski definition) is 3. The van der Waals surface area contributed by atoms with E-state index in [9.17, 15) is 9.59 Å². The Labute approximate surface area is 135 Å². The number of aliphatic hydroxyl groups is 1.